The van der Waals surface area contributed by atoms with Crippen molar-refractivity contribution < 1.29 is 9.13 Å². The van der Waals surface area contributed by atoms with Crippen LogP contribution in [0.3, 0.4) is 0 Å². The van der Waals surface area contributed by atoms with E-state index in [1.165, 1.54) is 4.68 Å². The first kappa shape index (κ1) is 8.60. The average Bonchev–Trinajstić information content (AvgIpc) is 2.35. The first-order valence-corrected chi connectivity index (χ1v) is 3.42. The summed E-state index contributed by atoms with van der Waals surface area (Å²) in [4.78, 5) is 0. The first-order valence-electron chi connectivity index (χ1n) is 3.42. The van der Waals surface area contributed by atoms with Crippen LogP contribution in [-0.2, 0) is 7.05 Å². The number of rotatable bonds is 3. The number of hydrogen-bond donors (Lipinski definition) is 0. The molecule has 0 bridgehead atoms. The van der Waals surface area contributed by atoms with Crippen molar-refractivity contribution in [2.24, 2.45) is 7.05 Å². The molecule has 0 amide bonds. The molecule has 0 aromatic carbocycles. The minimum atomic E-state index is -0.588. The van der Waals surface area contributed by atoms with Gasteiger partial charge in [0.1, 0.15) is 6.61 Å². The van der Waals surface area contributed by atoms with Crippen LogP contribution in [0.4, 0.5) is 4.39 Å². The predicted octanol–water partition coefficient (Wildman–Crippen LogP) is 0.761. The Kier molecular flexibility index (Phi) is 2.70. The van der Waals surface area contributed by atoms with Gasteiger partial charge in [0.15, 0.2) is 6.20 Å². The molecule has 0 atom stereocenters. The van der Waals surface area contributed by atoms with Gasteiger partial charge in [-0.15, -0.1) is 12.3 Å². The quantitative estimate of drug-likeness (QED) is 0.491. The third kappa shape index (κ3) is 1.76. The lowest BCUT2D eigenvalue weighted by Crippen LogP contribution is -2.02. The van der Waals surface area contributed by atoms with Crippen molar-refractivity contribution in [3.05, 3.63) is 12.0 Å². The molecule has 0 aliphatic heterocycles. The van der Waals surface area contributed by atoms with Gasteiger partial charge in [0.25, 0.3) is 0 Å². The smallest absolute Gasteiger partial charge is 0.249 e. The Labute approximate surface area is 70.1 Å². The second-order valence-electron chi connectivity index (χ2n) is 2.16. The lowest BCUT2D eigenvalue weighted by molar-refractivity contribution is 0.283. The van der Waals surface area contributed by atoms with Crippen molar-refractivity contribution in [1.29, 1.82) is 0 Å². The Morgan fingerprint density at radius 3 is 3.08 bits per heavy atom. The molecule has 4 heteroatoms. The van der Waals surface area contributed by atoms with Crippen LogP contribution >= 0.6 is 0 Å². The minimum Gasteiger partial charge on any atom is -0.475 e. The van der Waals surface area contributed by atoms with Gasteiger partial charge in [0.05, 0.1) is 0 Å². The summed E-state index contributed by atoms with van der Waals surface area (Å²) in [6.45, 7) is 0.292. The van der Waals surface area contributed by atoms with Crippen molar-refractivity contribution in [1.82, 2.24) is 9.78 Å². The van der Waals surface area contributed by atoms with Crippen LogP contribution < -0.4 is 4.74 Å². The van der Waals surface area contributed by atoms with E-state index >= 15 is 0 Å². The van der Waals surface area contributed by atoms with Crippen LogP contribution in [0, 0.1) is 24.4 Å². The normalized spacial score (nSPS) is 9.42. The zero-order valence-electron chi connectivity index (χ0n) is 6.67. The topological polar surface area (TPSA) is 27.1 Å². The number of aromatic nitrogens is 2. The molecule has 0 aliphatic rings. The van der Waals surface area contributed by atoms with Gasteiger partial charge in [-0.1, -0.05) is 0 Å². The zero-order chi connectivity index (χ0) is 8.97. The third-order valence-corrected chi connectivity index (χ3v) is 1.27. The van der Waals surface area contributed by atoms with Crippen molar-refractivity contribution in [3.8, 4) is 18.2 Å². The molecule has 0 fully saturated rings. The van der Waals surface area contributed by atoms with Crippen molar-refractivity contribution in [2.75, 3.05) is 6.61 Å². The highest BCUT2D eigenvalue weighted by atomic mass is 19.1. The fraction of sp³-hybridized carbons (Fsp3) is 0.375. The summed E-state index contributed by atoms with van der Waals surface area (Å²) in [5, 5.41) is 3.53. The number of nitrogens with zero attached hydrogens (tertiary/aromatic N) is 2. The molecule has 1 radical (unpaired) electrons. The number of aryl methyl sites for hydroxylation is 1. The second kappa shape index (κ2) is 3.77. The summed E-state index contributed by atoms with van der Waals surface area (Å²) >= 11 is 0. The fourth-order valence-corrected chi connectivity index (χ4v) is 0.718. The maximum atomic E-state index is 12.7. The van der Waals surface area contributed by atoms with Crippen LogP contribution in [0.1, 0.15) is 6.42 Å². The van der Waals surface area contributed by atoms with Crippen LogP contribution in [0.5, 0.6) is 5.88 Å². The van der Waals surface area contributed by atoms with E-state index in [0.717, 1.165) is 0 Å². The van der Waals surface area contributed by atoms with E-state index in [4.69, 9.17) is 11.2 Å². The van der Waals surface area contributed by atoms with Crippen molar-refractivity contribution in [2.45, 2.75) is 6.42 Å². The minimum absolute atomic E-state index is 0.0743. The molecule has 0 unspecified atom stereocenters. The Morgan fingerprint density at radius 1 is 1.83 bits per heavy atom. The van der Waals surface area contributed by atoms with Gasteiger partial charge in [-0.25, -0.2) is 4.68 Å². The number of ether oxygens (including phenoxy) is 1. The number of hydrogen-bond acceptors (Lipinski definition) is 2. The Morgan fingerprint density at radius 2 is 2.58 bits per heavy atom. The standard InChI is InChI=1S/C8H8FN2O/c1-3-4-5-12-8-7(9)6-10-11(8)2/h1H,4-5H2,2H3. The van der Waals surface area contributed by atoms with Gasteiger partial charge in [-0.3, -0.25) is 0 Å². The molecule has 1 heterocycles. The summed E-state index contributed by atoms with van der Waals surface area (Å²) in [6, 6.07) is 0. The molecular weight excluding hydrogens is 159 g/mol. The van der Waals surface area contributed by atoms with E-state index in [9.17, 15) is 4.39 Å². The molecule has 0 saturated carbocycles. The summed E-state index contributed by atoms with van der Waals surface area (Å²) < 4.78 is 19.0. The predicted molar refractivity (Wildman–Crippen MR) is 40.9 cm³/mol. The van der Waals surface area contributed by atoms with Crippen LogP contribution in [0.2, 0.25) is 0 Å². The molecule has 63 valence electrons. The highest BCUT2D eigenvalue weighted by Crippen LogP contribution is 2.13. The van der Waals surface area contributed by atoms with E-state index in [2.05, 4.69) is 17.2 Å². The van der Waals surface area contributed by atoms with Gasteiger partial charge in [0, 0.05) is 13.5 Å². The Balaban J connectivity index is 2.57. The average molecular weight is 167 g/mol. The SMILES string of the molecule is C#CCCOc1c(F)[c]nn1C. The van der Waals surface area contributed by atoms with Gasteiger partial charge >= 0.3 is 0 Å². The largest absolute Gasteiger partial charge is 0.475 e. The van der Waals surface area contributed by atoms with Gasteiger partial charge in [-0.2, -0.15) is 9.49 Å². The third-order valence-electron chi connectivity index (χ3n) is 1.27. The highest BCUT2D eigenvalue weighted by molar-refractivity contribution is 5.09. The lowest BCUT2D eigenvalue weighted by atomic mass is 10.5. The molecule has 0 spiro atoms. The number of halogens is 1. The van der Waals surface area contributed by atoms with Crippen LogP contribution in [-0.4, -0.2) is 16.4 Å². The Hall–Kier alpha value is -1.50. The molecule has 1 rings (SSSR count). The second-order valence-corrected chi connectivity index (χ2v) is 2.16. The molecule has 3 nitrogen and oxygen atoms in total. The van der Waals surface area contributed by atoms with Crippen molar-refractivity contribution >= 4 is 0 Å². The molecule has 0 aliphatic carbocycles. The molecule has 1 aromatic rings. The fourth-order valence-electron chi connectivity index (χ4n) is 0.718. The molecule has 1 aromatic heterocycles. The molecular formula is C8H8FN2O. The highest BCUT2D eigenvalue weighted by Gasteiger charge is 2.08. The van der Waals surface area contributed by atoms with E-state index in [1.807, 2.05) is 0 Å². The van der Waals surface area contributed by atoms with E-state index in [0.29, 0.717) is 13.0 Å². The first-order chi connectivity index (χ1) is 5.75. The summed E-state index contributed by atoms with van der Waals surface area (Å²) in [5.74, 6) is 1.87. The zero-order valence-corrected chi connectivity index (χ0v) is 6.67. The molecule has 12 heavy (non-hydrogen) atoms. The van der Waals surface area contributed by atoms with Gasteiger partial charge in [-0.05, 0) is 0 Å². The Bertz CT molecular complexity index is 281. The van der Waals surface area contributed by atoms with Gasteiger partial charge < -0.3 is 4.74 Å². The van der Waals surface area contributed by atoms with Crippen LogP contribution in [0.15, 0.2) is 0 Å². The maximum Gasteiger partial charge on any atom is 0.249 e. The molecule has 0 saturated heterocycles. The summed E-state index contributed by atoms with van der Waals surface area (Å²) in [6.07, 6.45) is 7.57. The van der Waals surface area contributed by atoms with Crippen molar-refractivity contribution in [3.63, 3.8) is 0 Å². The molecule has 0 N–H and O–H groups in total. The maximum absolute atomic E-state index is 12.7. The van der Waals surface area contributed by atoms with E-state index < -0.39 is 5.82 Å². The van der Waals surface area contributed by atoms with E-state index in [1.54, 1.807) is 7.05 Å². The summed E-state index contributed by atoms with van der Waals surface area (Å²) in [5.41, 5.74) is 0. The number of terminal acetylenes is 1. The summed E-state index contributed by atoms with van der Waals surface area (Å²) in [7, 11) is 1.57. The van der Waals surface area contributed by atoms with Gasteiger partial charge in [0.2, 0.25) is 11.7 Å². The monoisotopic (exact) mass is 167 g/mol. The van der Waals surface area contributed by atoms with Crippen LogP contribution in [0.25, 0.3) is 0 Å². The lowest BCUT2D eigenvalue weighted by Gasteiger charge is -2.02. The van der Waals surface area contributed by atoms with E-state index in [-0.39, 0.29) is 5.88 Å².